The molecule has 3 heterocycles. The number of likely N-dealkylation sites (tertiary alicyclic amines) is 1. The second-order valence-electron chi connectivity index (χ2n) is 10.7. The zero-order valence-electron chi connectivity index (χ0n) is 21.4. The largest absolute Gasteiger partial charge is 0.466 e. The number of halogens is 1. The Morgan fingerprint density at radius 2 is 1.74 bits per heavy atom. The monoisotopic (exact) mass is 489 g/mol. The van der Waals surface area contributed by atoms with Gasteiger partial charge in [0.2, 0.25) is 5.91 Å². The third-order valence-electron chi connectivity index (χ3n) is 7.36. The summed E-state index contributed by atoms with van der Waals surface area (Å²) in [6, 6.07) is 3.40. The van der Waals surface area contributed by atoms with Gasteiger partial charge in [0.15, 0.2) is 0 Å². The molecular formula is C26H36FN3O5. The van der Waals surface area contributed by atoms with Gasteiger partial charge in [-0.3, -0.25) is 9.59 Å². The molecule has 35 heavy (non-hydrogen) atoms. The molecule has 3 aliphatic heterocycles. The van der Waals surface area contributed by atoms with Crippen LogP contribution in [0.1, 0.15) is 58.9 Å². The van der Waals surface area contributed by atoms with Crippen molar-refractivity contribution >= 4 is 29.3 Å². The van der Waals surface area contributed by atoms with Crippen molar-refractivity contribution < 1.29 is 28.2 Å². The number of likely N-dealkylation sites (N-methyl/N-ethyl adjacent to an activating group) is 1. The summed E-state index contributed by atoms with van der Waals surface area (Å²) in [4.78, 5) is 43.2. The molecule has 1 aromatic rings. The zero-order chi connectivity index (χ0) is 25.5. The molecule has 0 bridgehead atoms. The lowest BCUT2D eigenvalue weighted by Crippen LogP contribution is -2.50. The summed E-state index contributed by atoms with van der Waals surface area (Å²) in [5.74, 6) is -0.827. The lowest BCUT2D eigenvalue weighted by atomic mass is 9.73. The first kappa shape index (κ1) is 25.3. The predicted molar refractivity (Wildman–Crippen MR) is 130 cm³/mol. The van der Waals surface area contributed by atoms with Crippen LogP contribution in [-0.4, -0.2) is 68.3 Å². The molecule has 0 N–H and O–H groups in total. The fourth-order valence-corrected chi connectivity index (χ4v) is 5.53. The highest BCUT2D eigenvalue weighted by atomic mass is 19.1. The van der Waals surface area contributed by atoms with Gasteiger partial charge in [0.05, 0.1) is 23.6 Å². The highest BCUT2D eigenvalue weighted by Gasteiger charge is 2.53. The molecule has 9 heteroatoms. The van der Waals surface area contributed by atoms with E-state index in [1.165, 1.54) is 6.07 Å². The van der Waals surface area contributed by atoms with Crippen LogP contribution < -0.4 is 9.80 Å². The number of anilines is 2. The zero-order valence-corrected chi connectivity index (χ0v) is 21.4. The second-order valence-corrected chi connectivity index (χ2v) is 10.7. The lowest BCUT2D eigenvalue weighted by Gasteiger charge is -2.39. The van der Waals surface area contributed by atoms with Crippen molar-refractivity contribution in [3.8, 4) is 0 Å². The normalized spacial score (nSPS) is 20.3. The van der Waals surface area contributed by atoms with Crippen LogP contribution in [0.4, 0.5) is 20.6 Å². The number of carbonyl (C=O) groups excluding carboxylic acids is 3. The summed E-state index contributed by atoms with van der Waals surface area (Å²) in [6.07, 6.45) is 1.59. The molecule has 2 amide bonds. The number of amides is 2. The number of piperidine rings is 2. The number of esters is 1. The van der Waals surface area contributed by atoms with E-state index in [0.717, 1.165) is 0 Å². The molecule has 0 unspecified atom stereocenters. The molecule has 8 nitrogen and oxygen atoms in total. The summed E-state index contributed by atoms with van der Waals surface area (Å²) in [5, 5.41) is 0. The van der Waals surface area contributed by atoms with Crippen molar-refractivity contribution in [2.24, 2.45) is 5.92 Å². The Hall–Kier alpha value is -2.84. The molecule has 0 radical (unpaired) electrons. The highest BCUT2D eigenvalue weighted by molar-refractivity contribution is 6.08. The van der Waals surface area contributed by atoms with E-state index in [0.29, 0.717) is 75.4 Å². The van der Waals surface area contributed by atoms with Gasteiger partial charge in [0.1, 0.15) is 11.4 Å². The number of ether oxygens (including phenoxy) is 2. The van der Waals surface area contributed by atoms with Crippen LogP contribution in [-0.2, 0) is 24.5 Å². The van der Waals surface area contributed by atoms with Crippen molar-refractivity contribution in [2.45, 2.75) is 64.4 Å². The van der Waals surface area contributed by atoms with Crippen LogP contribution in [0.5, 0.6) is 0 Å². The molecule has 2 saturated heterocycles. The molecule has 1 spiro atoms. The Bertz CT molecular complexity index is 1000. The molecular weight excluding hydrogens is 453 g/mol. The molecule has 0 aromatic heterocycles. The van der Waals surface area contributed by atoms with Crippen molar-refractivity contribution in [1.82, 2.24) is 4.90 Å². The van der Waals surface area contributed by atoms with Gasteiger partial charge in [-0.1, -0.05) is 0 Å². The molecule has 0 atom stereocenters. The maximum absolute atomic E-state index is 15.7. The van der Waals surface area contributed by atoms with Gasteiger partial charge in [-0.05, 0) is 65.5 Å². The molecule has 192 valence electrons. The van der Waals surface area contributed by atoms with Crippen LogP contribution in [0.15, 0.2) is 12.1 Å². The maximum atomic E-state index is 15.7. The SMILES string of the molecule is CCOC(=O)C1CCN(c2cc(F)c3c(c2)N(C)C(=O)C32CCN(C(=O)OC(C)(C)C)CC2)CC1. The van der Waals surface area contributed by atoms with Gasteiger partial charge < -0.3 is 24.2 Å². The van der Waals surface area contributed by atoms with Crippen LogP contribution in [0.3, 0.4) is 0 Å². The Morgan fingerprint density at radius 1 is 1.11 bits per heavy atom. The fraction of sp³-hybridized carbons (Fsp3) is 0.654. The average Bonchev–Trinajstić information content (AvgIpc) is 3.01. The third-order valence-corrected chi connectivity index (χ3v) is 7.36. The number of hydrogen-bond donors (Lipinski definition) is 0. The second kappa shape index (κ2) is 9.32. The minimum atomic E-state index is -0.970. The predicted octanol–water partition coefficient (Wildman–Crippen LogP) is 3.85. The number of rotatable bonds is 3. The Balaban J connectivity index is 1.52. The van der Waals surface area contributed by atoms with Gasteiger partial charge in [0, 0.05) is 44.5 Å². The van der Waals surface area contributed by atoms with Gasteiger partial charge in [0.25, 0.3) is 0 Å². The standard InChI is InChI=1S/C26H36FN3O5/c1-6-34-22(31)17-7-11-29(12-8-17)18-15-19(27)21-20(16-18)28(5)23(32)26(21)9-13-30(14-10-26)24(33)35-25(2,3)4/h15-17H,6-14H2,1-5H3. The lowest BCUT2D eigenvalue weighted by molar-refractivity contribution is -0.148. The Labute approximate surface area is 206 Å². The van der Waals surface area contributed by atoms with Gasteiger partial charge in [-0.2, -0.15) is 0 Å². The third kappa shape index (κ3) is 4.69. The number of hydrogen-bond acceptors (Lipinski definition) is 6. The van der Waals surface area contributed by atoms with E-state index in [4.69, 9.17) is 9.47 Å². The first-order valence-corrected chi connectivity index (χ1v) is 12.5. The summed E-state index contributed by atoms with van der Waals surface area (Å²) >= 11 is 0. The topological polar surface area (TPSA) is 79.4 Å². The number of benzene rings is 1. The van der Waals surface area contributed by atoms with Crippen molar-refractivity contribution in [1.29, 1.82) is 0 Å². The van der Waals surface area contributed by atoms with Gasteiger partial charge in [-0.25, -0.2) is 9.18 Å². The van der Waals surface area contributed by atoms with Crippen molar-refractivity contribution in [3.63, 3.8) is 0 Å². The Kier molecular flexibility index (Phi) is 6.72. The Morgan fingerprint density at radius 3 is 2.31 bits per heavy atom. The molecule has 1 aromatic carbocycles. The summed E-state index contributed by atoms with van der Waals surface area (Å²) in [7, 11) is 1.69. The fourth-order valence-electron chi connectivity index (χ4n) is 5.53. The first-order chi connectivity index (χ1) is 16.5. The molecule has 0 aliphatic carbocycles. The molecule has 3 aliphatic rings. The smallest absolute Gasteiger partial charge is 0.410 e. The van der Waals surface area contributed by atoms with Gasteiger partial charge in [-0.15, -0.1) is 0 Å². The molecule has 2 fully saturated rings. The van der Waals surface area contributed by atoms with Crippen LogP contribution in [0, 0.1) is 11.7 Å². The summed E-state index contributed by atoms with van der Waals surface area (Å²) < 4.78 is 26.3. The van der Waals surface area contributed by atoms with E-state index in [-0.39, 0.29) is 17.8 Å². The van der Waals surface area contributed by atoms with Crippen LogP contribution in [0.2, 0.25) is 0 Å². The molecule has 0 saturated carbocycles. The summed E-state index contributed by atoms with van der Waals surface area (Å²) in [5.41, 5.74) is 0.158. The van der Waals surface area contributed by atoms with E-state index in [1.54, 1.807) is 23.8 Å². The van der Waals surface area contributed by atoms with Crippen molar-refractivity contribution in [2.75, 3.05) is 49.6 Å². The van der Waals surface area contributed by atoms with Gasteiger partial charge >= 0.3 is 12.1 Å². The number of fused-ring (bicyclic) bond motifs is 2. The first-order valence-electron chi connectivity index (χ1n) is 12.5. The minimum absolute atomic E-state index is 0.131. The van der Waals surface area contributed by atoms with E-state index in [1.807, 2.05) is 26.8 Å². The minimum Gasteiger partial charge on any atom is -0.466 e. The maximum Gasteiger partial charge on any atom is 0.410 e. The quantitative estimate of drug-likeness (QED) is 0.600. The number of nitrogens with zero attached hydrogens (tertiary/aromatic N) is 3. The van der Waals surface area contributed by atoms with E-state index in [9.17, 15) is 14.4 Å². The highest BCUT2D eigenvalue weighted by Crippen LogP contribution is 2.50. The van der Waals surface area contributed by atoms with E-state index in [2.05, 4.69) is 4.90 Å². The van der Waals surface area contributed by atoms with E-state index >= 15 is 4.39 Å². The van der Waals surface area contributed by atoms with Crippen LogP contribution in [0.25, 0.3) is 0 Å². The molecule has 4 rings (SSSR count). The average molecular weight is 490 g/mol. The summed E-state index contributed by atoms with van der Waals surface area (Å²) in [6.45, 7) is 9.51. The van der Waals surface area contributed by atoms with Crippen molar-refractivity contribution in [3.05, 3.63) is 23.5 Å². The van der Waals surface area contributed by atoms with E-state index < -0.39 is 22.9 Å². The van der Waals surface area contributed by atoms with Crippen LogP contribution >= 0.6 is 0 Å². The number of carbonyl (C=O) groups is 3.